The highest BCUT2D eigenvalue weighted by Gasteiger charge is 2.16. The lowest BCUT2D eigenvalue weighted by Crippen LogP contribution is -2.45. The number of carbonyl (C=O) groups is 4. The number of hydrogen-bond acceptors (Lipinski definition) is 8. The van der Waals surface area contributed by atoms with E-state index in [1.807, 2.05) is 0 Å². The van der Waals surface area contributed by atoms with Gasteiger partial charge in [0.25, 0.3) is 0 Å². The van der Waals surface area contributed by atoms with Crippen LogP contribution in [0.4, 0.5) is 0 Å². The molecule has 0 aliphatic rings. The molecule has 0 rings (SSSR count). The zero-order valence-corrected chi connectivity index (χ0v) is 15.8. The molecular weight excluding hydrogens is 366 g/mol. The number of quaternary nitrogens is 1. The van der Waals surface area contributed by atoms with Crippen molar-refractivity contribution in [2.75, 3.05) is 73.6 Å². The van der Waals surface area contributed by atoms with Gasteiger partial charge in [0.05, 0.1) is 53.4 Å². The van der Waals surface area contributed by atoms with E-state index in [9.17, 15) is 24.3 Å². The van der Waals surface area contributed by atoms with Crippen LogP contribution < -0.4 is 5.11 Å². The molecule has 0 aromatic rings. The maximum Gasteiger partial charge on any atom is 0.317 e. The van der Waals surface area contributed by atoms with Crippen molar-refractivity contribution >= 4 is 23.9 Å². The molecule has 0 aliphatic heterocycles. The van der Waals surface area contributed by atoms with E-state index in [0.29, 0.717) is 0 Å². The van der Waals surface area contributed by atoms with Gasteiger partial charge in [-0.3, -0.25) is 24.2 Å². The van der Waals surface area contributed by atoms with E-state index in [1.54, 1.807) is 0 Å². The maximum absolute atomic E-state index is 10.5. The van der Waals surface area contributed by atoms with Crippen molar-refractivity contribution in [1.29, 1.82) is 0 Å². The van der Waals surface area contributed by atoms with Gasteiger partial charge in [-0.05, 0) is 0 Å². The number of carboxylic acids is 4. The van der Waals surface area contributed by atoms with Crippen molar-refractivity contribution in [3.8, 4) is 0 Å². The van der Waals surface area contributed by atoms with Crippen molar-refractivity contribution in [2.45, 2.75) is 0 Å². The maximum atomic E-state index is 10.5. The molecule has 27 heavy (non-hydrogen) atoms. The van der Waals surface area contributed by atoms with Crippen LogP contribution in [-0.2, 0) is 19.2 Å². The number of nitrogens with zero attached hydrogens (tertiary/aromatic N) is 3. The lowest BCUT2D eigenvalue weighted by Gasteiger charge is -2.24. The highest BCUT2D eigenvalue weighted by atomic mass is 16.4. The Morgan fingerprint density at radius 2 is 1.11 bits per heavy atom. The largest absolute Gasteiger partial charge is 0.549 e. The number of carboxylic acid groups (broad SMARTS) is 4. The van der Waals surface area contributed by atoms with Gasteiger partial charge in [0.2, 0.25) is 0 Å². The van der Waals surface area contributed by atoms with E-state index in [4.69, 9.17) is 20.4 Å². The number of aliphatic hydroxyl groups is 1. The van der Waals surface area contributed by atoms with Crippen LogP contribution in [0.3, 0.4) is 0 Å². The molecule has 12 nitrogen and oxygen atoms in total. The minimum absolute atomic E-state index is 0.0981. The van der Waals surface area contributed by atoms with E-state index < -0.39 is 50.1 Å². The second-order valence-corrected chi connectivity index (χ2v) is 6.71. The summed E-state index contributed by atoms with van der Waals surface area (Å²) in [5.41, 5.74) is 0. The summed E-state index contributed by atoms with van der Waals surface area (Å²) >= 11 is 0. The van der Waals surface area contributed by atoms with Gasteiger partial charge in [0, 0.05) is 19.6 Å². The lowest BCUT2D eigenvalue weighted by atomic mass is 10.4. The van der Waals surface area contributed by atoms with E-state index in [0.717, 1.165) is 20.8 Å². The molecule has 0 aromatic heterocycles. The Balaban J connectivity index is 0. The van der Waals surface area contributed by atoms with Crippen LogP contribution in [0.2, 0.25) is 0 Å². The Labute approximate surface area is 157 Å². The number of aliphatic carboxylic acids is 4. The molecule has 0 fully saturated rings. The monoisotopic (exact) mass is 395 g/mol. The third-order valence-electron chi connectivity index (χ3n) is 2.93. The normalized spacial score (nSPS) is 11.0. The Morgan fingerprint density at radius 1 is 0.778 bits per heavy atom. The molecule has 0 amide bonds. The molecule has 0 atom stereocenters. The fourth-order valence-electron chi connectivity index (χ4n) is 1.77. The second kappa shape index (κ2) is 13.9. The van der Waals surface area contributed by atoms with E-state index in [2.05, 4.69) is 21.1 Å². The minimum atomic E-state index is -1.48. The molecular formula is C15H29N3O9. The Kier molecular flexibility index (Phi) is 13.8. The first kappa shape index (κ1) is 26.9. The standard InChI is InChI=1S/C10H16N2O8.C5H14NO/c13-7(14)3-11(4-8(15)16)1-2-12(5-9(17)18)6-10(19)20;1-6(2,3)4-5-7/h1-6H2,(H,13,14)(H,15,16)(H,17,18)(H,19,20);7H,4-5H2,1-3H3/q;+1/p-1. The highest BCUT2D eigenvalue weighted by molar-refractivity contribution is 5.73. The minimum Gasteiger partial charge on any atom is -0.549 e. The van der Waals surface area contributed by atoms with Crippen molar-refractivity contribution in [3.05, 3.63) is 0 Å². The van der Waals surface area contributed by atoms with E-state index in [-0.39, 0.29) is 19.7 Å². The average Bonchev–Trinajstić information content (AvgIpc) is 2.41. The van der Waals surface area contributed by atoms with Crippen LogP contribution in [-0.4, -0.2) is 132 Å². The molecule has 0 aromatic carbocycles. The summed E-state index contributed by atoms with van der Waals surface area (Å²) < 4.78 is 0.844. The Hall–Kier alpha value is -2.28. The quantitative estimate of drug-likeness (QED) is 0.225. The summed E-state index contributed by atoms with van der Waals surface area (Å²) in [6.07, 6.45) is 0. The fraction of sp³-hybridized carbons (Fsp3) is 0.733. The lowest BCUT2D eigenvalue weighted by molar-refractivity contribution is -0.870. The molecule has 0 bridgehead atoms. The molecule has 0 aliphatic carbocycles. The number of carbonyl (C=O) groups excluding carboxylic acids is 1. The molecule has 12 heteroatoms. The molecule has 0 saturated heterocycles. The SMILES string of the molecule is C[N+](C)(C)CCO.O=C([O-])CN(CCN(CC(=O)O)CC(=O)O)CC(=O)O. The summed E-state index contributed by atoms with van der Waals surface area (Å²) in [7, 11) is 6.16. The fourth-order valence-corrected chi connectivity index (χ4v) is 1.77. The molecule has 0 heterocycles. The van der Waals surface area contributed by atoms with Crippen LogP contribution in [0.15, 0.2) is 0 Å². The van der Waals surface area contributed by atoms with E-state index in [1.165, 1.54) is 0 Å². The number of likely N-dealkylation sites (N-methyl/N-ethyl adjacent to an activating group) is 1. The van der Waals surface area contributed by atoms with Crippen molar-refractivity contribution in [2.24, 2.45) is 0 Å². The molecule has 0 radical (unpaired) electrons. The van der Waals surface area contributed by atoms with Gasteiger partial charge >= 0.3 is 17.9 Å². The van der Waals surface area contributed by atoms with Crippen LogP contribution in [0.5, 0.6) is 0 Å². The number of aliphatic hydroxyl groups excluding tert-OH is 1. The summed E-state index contributed by atoms with van der Waals surface area (Å²) in [4.78, 5) is 44.1. The third kappa shape index (κ3) is 21.7. The van der Waals surface area contributed by atoms with Gasteiger partial charge in [0.15, 0.2) is 0 Å². The van der Waals surface area contributed by atoms with Gasteiger partial charge in [-0.2, -0.15) is 0 Å². The molecule has 0 spiro atoms. The van der Waals surface area contributed by atoms with Gasteiger partial charge in [-0.15, -0.1) is 0 Å². The topological polar surface area (TPSA) is 179 Å². The summed E-state index contributed by atoms with van der Waals surface area (Å²) in [6, 6.07) is 0. The van der Waals surface area contributed by atoms with Crippen LogP contribution in [0.1, 0.15) is 0 Å². The van der Waals surface area contributed by atoms with E-state index >= 15 is 0 Å². The summed E-state index contributed by atoms with van der Waals surface area (Å²) in [5.74, 6) is -5.21. The summed E-state index contributed by atoms with van der Waals surface area (Å²) in [5, 5.41) is 44.6. The number of hydrogen-bond donors (Lipinski definition) is 4. The van der Waals surface area contributed by atoms with Crippen LogP contribution >= 0.6 is 0 Å². The van der Waals surface area contributed by atoms with Gasteiger partial charge in [-0.1, -0.05) is 0 Å². The van der Waals surface area contributed by atoms with Crippen molar-refractivity contribution in [3.63, 3.8) is 0 Å². The first-order valence-electron chi connectivity index (χ1n) is 7.98. The van der Waals surface area contributed by atoms with Crippen LogP contribution in [0, 0.1) is 0 Å². The predicted molar refractivity (Wildman–Crippen MR) is 90.8 cm³/mol. The second-order valence-electron chi connectivity index (χ2n) is 6.71. The third-order valence-corrected chi connectivity index (χ3v) is 2.93. The zero-order chi connectivity index (χ0) is 21.6. The molecule has 0 unspecified atom stereocenters. The van der Waals surface area contributed by atoms with Gasteiger partial charge in [0.1, 0.15) is 6.54 Å². The molecule has 4 N–H and O–H groups in total. The molecule has 0 saturated carbocycles. The summed E-state index contributed by atoms with van der Waals surface area (Å²) in [6.45, 7) is -1.39. The smallest absolute Gasteiger partial charge is 0.317 e. The predicted octanol–water partition coefficient (Wildman–Crippen LogP) is -3.72. The van der Waals surface area contributed by atoms with Crippen molar-refractivity contribution in [1.82, 2.24) is 9.80 Å². The van der Waals surface area contributed by atoms with Gasteiger partial charge in [-0.25, -0.2) is 0 Å². The van der Waals surface area contributed by atoms with Crippen LogP contribution in [0.25, 0.3) is 0 Å². The first-order chi connectivity index (χ1) is 12.3. The zero-order valence-electron chi connectivity index (χ0n) is 15.8. The van der Waals surface area contributed by atoms with Crippen molar-refractivity contribution < 1.29 is 49.2 Å². The number of rotatable bonds is 13. The average molecular weight is 395 g/mol. The first-order valence-corrected chi connectivity index (χ1v) is 7.98. The molecule has 158 valence electrons. The Morgan fingerprint density at radius 3 is 1.30 bits per heavy atom. The highest BCUT2D eigenvalue weighted by Crippen LogP contribution is 1.94. The Bertz CT molecular complexity index is 423. The van der Waals surface area contributed by atoms with Gasteiger partial charge < -0.3 is 34.8 Å².